The van der Waals surface area contributed by atoms with E-state index in [1.165, 1.54) is 6.07 Å². The van der Waals surface area contributed by atoms with Gasteiger partial charge >= 0.3 is 0 Å². The Morgan fingerprint density at radius 1 is 1.23 bits per heavy atom. The van der Waals surface area contributed by atoms with Crippen LogP contribution in [0.25, 0.3) is 22.0 Å². The molecule has 158 valence electrons. The topological polar surface area (TPSA) is 76.8 Å². The molecule has 5 rings (SSSR count). The first-order valence-electron chi connectivity index (χ1n) is 10.3. The molecule has 1 amide bonds. The number of fused-ring (bicyclic) bond motifs is 1. The van der Waals surface area contributed by atoms with Gasteiger partial charge in [-0.2, -0.15) is 10.2 Å². The number of amides is 1. The van der Waals surface area contributed by atoms with E-state index in [0.29, 0.717) is 6.54 Å². The van der Waals surface area contributed by atoms with E-state index >= 15 is 0 Å². The largest absolute Gasteiger partial charge is 0.348 e. The number of carbonyl (C=O) groups excluding carboxylic acids is 1. The van der Waals surface area contributed by atoms with E-state index in [9.17, 15) is 9.18 Å². The number of nitrogens with zero attached hydrogens (tertiary/aromatic N) is 4. The molecule has 31 heavy (non-hydrogen) atoms. The van der Waals surface area contributed by atoms with Gasteiger partial charge in [0.2, 0.25) is 0 Å². The average molecular weight is 418 g/mol. The fourth-order valence-corrected chi connectivity index (χ4v) is 4.19. The number of halogens is 1. The van der Waals surface area contributed by atoms with Gasteiger partial charge in [-0.25, -0.2) is 4.39 Å². The second-order valence-electron chi connectivity index (χ2n) is 7.98. The van der Waals surface area contributed by atoms with E-state index in [1.807, 2.05) is 42.2 Å². The van der Waals surface area contributed by atoms with E-state index in [2.05, 4.69) is 20.8 Å². The molecular weight excluding hydrogens is 395 g/mol. The standard InChI is InChI=1S/C23H23FN6O/c1-29-22-6-4-15(9-17(22)12-27-29)16-3-5-20(21(24)10-16)23(31)28-18-11-19(25-13-18)14-30-8-2-7-26-30/h2-10,12,18-19,25H,11,13-14H2,1H3,(H,28,31)/t18-,19+/m1/s1. The lowest BCUT2D eigenvalue weighted by Crippen LogP contribution is -2.36. The maximum absolute atomic E-state index is 14.8. The van der Waals surface area contributed by atoms with Crippen LogP contribution in [0.2, 0.25) is 0 Å². The fraction of sp³-hybridized carbons (Fsp3) is 0.261. The van der Waals surface area contributed by atoms with Crippen molar-refractivity contribution in [3.63, 3.8) is 0 Å². The predicted octanol–water partition coefficient (Wildman–Crippen LogP) is 2.74. The van der Waals surface area contributed by atoms with E-state index in [0.717, 1.165) is 35.0 Å². The summed E-state index contributed by atoms with van der Waals surface area (Å²) >= 11 is 0. The molecule has 0 bridgehead atoms. The second-order valence-corrected chi connectivity index (χ2v) is 7.98. The van der Waals surface area contributed by atoms with Crippen molar-refractivity contribution >= 4 is 16.8 Å². The zero-order valence-corrected chi connectivity index (χ0v) is 17.1. The van der Waals surface area contributed by atoms with Crippen LogP contribution >= 0.6 is 0 Å². The quantitative estimate of drug-likeness (QED) is 0.523. The molecule has 0 aliphatic carbocycles. The lowest BCUT2D eigenvalue weighted by molar-refractivity contribution is 0.0935. The highest BCUT2D eigenvalue weighted by Gasteiger charge is 2.26. The summed E-state index contributed by atoms with van der Waals surface area (Å²) in [5, 5.41) is 15.8. The number of nitrogens with one attached hydrogen (secondary N) is 2. The van der Waals surface area contributed by atoms with Gasteiger partial charge in [0.1, 0.15) is 5.82 Å². The third-order valence-corrected chi connectivity index (χ3v) is 5.82. The first-order valence-corrected chi connectivity index (χ1v) is 10.3. The van der Waals surface area contributed by atoms with E-state index in [1.54, 1.807) is 29.2 Å². The number of aromatic nitrogens is 4. The van der Waals surface area contributed by atoms with Gasteiger partial charge in [-0.05, 0) is 47.9 Å². The monoisotopic (exact) mass is 418 g/mol. The zero-order valence-electron chi connectivity index (χ0n) is 17.1. The third kappa shape index (κ3) is 3.94. The van der Waals surface area contributed by atoms with Crippen LogP contribution < -0.4 is 10.6 Å². The summed E-state index contributed by atoms with van der Waals surface area (Å²) in [6, 6.07) is 12.7. The normalized spacial score (nSPS) is 18.5. The number of carbonyl (C=O) groups is 1. The molecule has 7 nitrogen and oxygen atoms in total. The molecule has 2 aromatic heterocycles. The summed E-state index contributed by atoms with van der Waals surface area (Å²) in [5.41, 5.74) is 2.67. The molecule has 8 heteroatoms. The summed E-state index contributed by atoms with van der Waals surface area (Å²) in [4.78, 5) is 12.7. The number of hydrogen-bond donors (Lipinski definition) is 2. The highest BCUT2D eigenvalue weighted by molar-refractivity contribution is 5.95. The Morgan fingerprint density at radius 3 is 2.87 bits per heavy atom. The van der Waals surface area contributed by atoms with E-state index in [4.69, 9.17) is 0 Å². The molecule has 1 aliphatic heterocycles. The molecule has 2 aromatic carbocycles. The van der Waals surface area contributed by atoms with Gasteiger partial charge in [-0.3, -0.25) is 14.2 Å². The van der Waals surface area contributed by atoms with Crippen molar-refractivity contribution in [2.24, 2.45) is 7.05 Å². The lowest BCUT2D eigenvalue weighted by Gasteiger charge is -2.13. The molecule has 2 N–H and O–H groups in total. The number of rotatable bonds is 5. The Labute approximate surface area is 178 Å². The molecule has 0 radical (unpaired) electrons. The summed E-state index contributed by atoms with van der Waals surface area (Å²) in [6.07, 6.45) is 6.22. The summed E-state index contributed by atoms with van der Waals surface area (Å²) in [6.45, 7) is 1.40. The minimum atomic E-state index is -0.527. The molecule has 0 saturated carbocycles. The van der Waals surface area contributed by atoms with Crippen molar-refractivity contribution in [2.45, 2.75) is 25.0 Å². The van der Waals surface area contributed by atoms with Crippen molar-refractivity contribution in [3.05, 3.63) is 72.4 Å². The van der Waals surface area contributed by atoms with Gasteiger partial charge in [0.25, 0.3) is 5.91 Å². The van der Waals surface area contributed by atoms with Gasteiger partial charge in [0, 0.05) is 43.5 Å². The van der Waals surface area contributed by atoms with E-state index < -0.39 is 11.7 Å². The molecule has 2 atom stereocenters. The first kappa shape index (κ1) is 19.4. The van der Waals surface area contributed by atoms with Crippen LogP contribution in [0.5, 0.6) is 0 Å². The first-order chi connectivity index (χ1) is 15.1. The highest BCUT2D eigenvalue weighted by Crippen LogP contribution is 2.26. The maximum atomic E-state index is 14.8. The number of hydrogen-bond acceptors (Lipinski definition) is 4. The Morgan fingerprint density at radius 2 is 2.06 bits per heavy atom. The van der Waals surface area contributed by atoms with Crippen LogP contribution in [-0.4, -0.2) is 44.1 Å². The SMILES string of the molecule is Cn1ncc2cc(-c3ccc(C(=O)N[C@H]4CN[C@H](Cn5cccn5)C4)c(F)c3)ccc21. The van der Waals surface area contributed by atoms with Crippen molar-refractivity contribution in [2.75, 3.05) is 6.54 Å². The van der Waals surface area contributed by atoms with Gasteiger partial charge in [-0.15, -0.1) is 0 Å². The highest BCUT2D eigenvalue weighted by atomic mass is 19.1. The Kier molecular flexibility index (Phi) is 4.99. The van der Waals surface area contributed by atoms with E-state index in [-0.39, 0.29) is 17.6 Å². The van der Waals surface area contributed by atoms with Gasteiger partial charge in [-0.1, -0.05) is 12.1 Å². The zero-order chi connectivity index (χ0) is 21.4. The van der Waals surface area contributed by atoms with Crippen LogP contribution in [0.4, 0.5) is 4.39 Å². The molecular formula is C23H23FN6O. The van der Waals surface area contributed by atoms with Crippen LogP contribution in [0.3, 0.4) is 0 Å². The number of aryl methyl sites for hydroxylation is 1. The van der Waals surface area contributed by atoms with Crippen LogP contribution in [0, 0.1) is 5.82 Å². The second kappa shape index (κ2) is 7.96. The molecule has 3 heterocycles. The summed E-state index contributed by atoms with van der Waals surface area (Å²) in [5.74, 6) is -0.918. The molecule has 1 fully saturated rings. The molecule has 1 aliphatic rings. The van der Waals surface area contributed by atoms with Gasteiger partial charge in [0.15, 0.2) is 0 Å². The lowest BCUT2D eigenvalue weighted by atomic mass is 10.0. The Hall–Kier alpha value is -3.52. The van der Waals surface area contributed by atoms with Gasteiger partial charge in [0.05, 0.1) is 23.8 Å². The number of benzene rings is 2. The predicted molar refractivity (Wildman–Crippen MR) is 116 cm³/mol. The van der Waals surface area contributed by atoms with Gasteiger partial charge < -0.3 is 10.6 Å². The third-order valence-electron chi connectivity index (χ3n) is 5.82. The minimum Gasteiger partial charge on any atom is -0.348 e. The Bertz CT molecular complexity index is 1230. The van der Waals surface area contributed by atoms with Crippen molar-refractivity contribution in [1.82, 2.24) is 30.2 Å². The van der Waals surface area contributed by atoms with Crippen molar-refractivity contribution < 1.29 is 9.18 Å². The van der Waals surface area contributed by atoms with Crippen LogP contribution in [0.1, 0.15) is 16.8 Å². The molecule has 1 saturated heterocycles. The fourth-order valence-electron chi connectivity index (χ4n) is 4.19. The van der Waals surface area contributed by atoms with Crippen molar-refractivity contribution in [3.8, 4) is 11.1 Å². The maximum Gasteiger partial charge on any atom is 0.254 e. The van der Waals surface area contributed by atoms with Crippen LogP contribution in [-0.2, 0) is 13.6 Å². The Balaban J connectivity index is 1.26. The minimum absolute atomic E-state index is 0.0415. The summed E-state index contributed by atoms with van der Waals surface area (Å²) < 4.78 is 18.5. The van der Waals surface area contributed by atoms with Crippen LogP contribution in [0.15, 0.2) is 61.1 Å². The molecule has 0 unspecified atom stereocenters. The summed E-state index contributed by atoms with van der Waals surface area (Å²) in [7, 11) is 1.88. The van der Waals surface area contributed by atoms with Crippen molar-refractivity contribution in [1.29, 1.82) is 0 Å². The molecule has 4 aromatic rings. The average Bonchev–Trinajstić information content (AvgIpc) is 3.51. The molecule has 0 spiro atoms. The smallest absolute Gasteiger partial charge is 0.254 e.